The molecule has 0 bridgehead atoms. The molecule has 0 radical (unpaired) electrons. The number of rotatable bonds is 9. The van der Waals surface area contributed by atoms with Crippen LogP contribution in [-0.2, 0) is 16.2 Å². The van der Waals surface area contributed by atoms with Crippen molar-refractivity contribution in [2.45, 2.75) is 58.1 Å². The number of oxime groups is 1. The Morgan fingerprint density at radius 2 is 1.70 bits per heavy atom. The first-order valence-electron chi connectivity index (χ1n) is 13.3. The van der Waals surface area contributed by atoms with Gasteiger partial charge in [-0.25, -0.2) is 4.39 Å². The number of benzene rings is 2. The third kappa shape index (κ3) is 5.44. The molecule has 2 aliphatic heterocycles. The number of nitrogens with zero attached hydrogens (tertiary/aromatic N) is 2. The average molecular weight is 511 g/mol. The van der Waals surface area contributed by atoms with Crippen molar-refractivity contribution in [2.75, 3.05) is 26.3 Å². The van der Waals surface area contributed by atoms with E-state index >= 15 is 0 Å². The molecule has 1 saturated heterocycles. The molecule has 2 fully saturated rings. The van der Waals surface area contributed by atoms with Crippen molar-refractivity contribution in [1.29, 1.82) is 0 Å². The topological polar surface area (TPSA) is 80.6 Å². The fraction of sp³-hybridized carbons (Fsp3) is 0.517. The largest absolute Gasteiger partial charge is 0.493 e. The van der Waals surface area contributed by atoms with Gasteiger partial charge in [-0.1, -0.05) is 17.3 Å². The molecule has 1 N–H and O–H groups in total. The monoisotopic (exact) mass is 510 g/mol. The summed E-state index contributed by atoms with van der Waals surface area (Å²) in [6.07, 6.45) is 4.01. The maximum Gasteiger partial charge on any atom is 0.306 e. The van der Waals surface area contributed by atoms with Gasteiger partial charge in [-0.15, -0.1) is 0 Å². The van der Waals surface area contributed by atoms with Crippen LogP contribution in [0, 0.1) is 17.7 Å². The second kappa shape index (κ2) is 10.7. The van der Waals surface area contributed by atoms with Gasteiger partial charge in [0.15, 0.2) is 5.60 Å². The lowest BCUT2D eigenvalue weighted by Crippen LogP contribution is -2.61. The summed E-state index contributed by atoms with van der Waals surface area (Å²) in [6, 6.07) is 10.5. The van der Waals surface area contributed by atoms with E-state index in [9.17, 15) is 14.3 Å². The molecule has 5 rings (SSSR count). The summed E-state index contributed by atoms with van der Waals surface area (Å²) in [6.45, 7) is 7.23. The molecule has 1 aliphatic carbocycles. The Hall–Kier alpha value is -3.13. The molecular weight excluding hydrogens is 475 g/mol. The highest BCUT2D eigenvalue weighted by Crippen LogP contribution is 2.43. The number of halogens is 1. The summed E-state index contributed by atoms with van der Waals surface area (Å²) in [5.41, 5.74) is 3.60. The van der Waals surface area contributed by atoms with Crippen LogP contribution in [0.3, 0.4) is 0 Å². The van der Waals surface area contributed by atoms with Gasteiger partial charge in [-0.3, -0.25) is 9.69 Å². The van der Waals surface area contributed by atoms with Crippen molar-refractivity contribution in [1.82, 2.24) is 4.90 Å². The van der Waals surface area contributed by atoms with Crippen LogP contribution in [0.4, 0.5) is 4.39 Å². The molecule has 198 valence electrons. The molecule has 1 spiro atoms. The maximum absolute atomic E-state index is 13.5. The lowest BCUT2D eigenvalue weighted by molar-refractivity contribution is -0.142. The van der Waals surface area contributed by atoms with Gasteiger partial charge in [0, 0.05) is 32.0 Å². The smallest absolute Gasteiger partial charge is 0.306 e. The summed E-state index contributed by atoms with van der Waals surface area (Å²) in [5, 5.41) is 13.7. The lowest BCUT2D eigenvalue weighted by Gasteiger charge is -2.45. The third-order valence-corrected chi connectivity index (χ3v) is 7.70. The summed E-state index contributed by atoms with van der Waals surface area (Å²) in [7, 11) is 0. The summed E-state index contributed by atoms with van der Waals surface area (Å²) in [5.74, 6) is 0.613. The lowest BCUT2D eigenvalue weighted by atomic mass is 9.76. The van der Waals surface area contributed by atoms with Crippen molar-refractivity contribution in [3.8, 4) is 22.6 Å². The number of carbonyl (C=O) groups is 1. The van der Waals surface area contributed by atoms with Crippen LogP contribution >= 0.6 is 0 Å². The fourth-order valence-corrected chi connectivity index (χ4v) is 5.93. The predicted octanol–water partition coefficient (Wildman–Crippen LogP) is 5.51. The van der Waals surface area contributed by atoms with E-state index in [0.29, 0.717) is 19.1 Å². The molecule has 8 heteroatoms. The van der Waals surface area contributed by atoms with Gasteiger partial charge in [0.05, 0.1) is 30.4 Å². The molecule has 3 aliphatic rings. The normalized spacial score (nSPS) is 22.7. The van der Waals surface area contributed by atoms with E-state index < -0.39 is 5.97 Å². The van der Waals surface area contributed by atoms with E-state index in [0.717, 1.165) is 85.6 Å². The molecule has 0 amide bonds. The SMILES string of the molecule is CCOc1cc(CN2CC3(CC([C@H]4CC[C@@H](C(=O)O)CC4)=NO3)C2)cc(OCC)c1-c1ccc(F)cc1. The molecule has 0 aromatic heterocycles. The second-order valence-corrected chi connectivity index (χ2v) is 10.4. The zero-order valence-corrected chi connectivity index (χ0v) is 21.5. The molecule has 2 heterocycles. The molecule has 37 heavy (non-hydrogen) atoms. The molecule has 1 saturated carbocycles. The van der Waals surface area contributed by atoms with E-state index in [1.54, 1.807) is 12.1 Å². The summed E-state index contributed by atoms with van der Waals surface area (Å²) < 4.78 is 25.6. The minimum absolute atomic E-state index is 0.218. The van der Waals surface area contributed by atoms with E-state index in [4.69, 9.17) is 14.3 Å². The standard InChI is InChI=1S/C29H35FN2O5/c1-3-35-25-13-19(14-26(36-4-2)27(25)21-9-11-23(30)12-10-21)16-32-17-29(18-32)15-24(31-37-29)20-5-7-22(8-6-20)28(33)34/h9-14,20,22H,3-8,15-18H2,1-2H3,(H,33,34)/t20-,22+. The zero-order chi connectivity index (χ0) is 26.0. The fourth-order valence-electron chi connectivity index (χ4n) is 5.93. The Kier molecular flexibility index (Phi) is 7.38. The Balaban J connectivity index is 1.24. The molecular formula is C29H35FN2O5. The Bertz CT molecular complexity index is 1120. The highest BCUT2D eigenvalue weighted by atomic mass is 19.1. The number of hydrogen-bond acceptors (Lipinski definition) is 6. The first kappa shape index (κ1) is 25.5. The first-order chi connectivity index (χ1) is 17.9. The molecule has 0 atom stereocenters. The summed E-state index contributed by atoms with van der Waals surface area (Å²) in [4.78, 5) is 19.5. The van der Waals surface area contributed by atoms with Crippen LogP contribution < -0.4 is 9.47 Å². The van der Waals surface area contributed by atoms with Crippen molar-refractivity contribution in [3.63, 3.8) is 0 Å². The minimum atomic E-state index is -0.681. The Morgan fingerprint density at radius 1 is 1.08 bits per heavy atom. The van der Waals surface area contributed by atoms with Gasteiger partial charge in [0.25, 0.3) is 0 Å². The number of carboxylic acid groups (broad SMARTS) is 1. The Morgan fingerprint density at radius 3 is 2.27 bits per heavy atom. The summed E-state index contributed by atoms with van der Waals surface area (Å²) >= 11 is 0. The third-order valence-electron chi connectivity index (χ3n) is 7.70. The number of carboxylic acids is 1. The number of aliphatic carboxylic acids is 1. The highest BCUT2D eigenvalue weighted by Gasteiger charge is 2.50. The van der Waals surface area contributed by atoms with E-state index in [1.165, 1.54) is 12.1 Å². The van der Waals surface area contributed by atoms with Gasteiger partial charge >= 0.3 is 5.97 Å². The zero-order valence-electron chi connectivity index (χ0n) is 21.5. The predicted molar refractivity (Wildman–Crippen MR) is 138 cm³/mol. The van der Waals surface area contributed by atoms with Crippen LogP contribution in [-0.4, -0.2) is 53.6 Å². The van der Waals surface area contributed by atoms with E-state index in [2.05, 4.69) is 10.1 Å². The Labute approximate surface area is 217 Å². The number of likely N-dealkylation sites (tertiary alicyclic amines) is 1. The van der Waals surface area contributed by atoms with Crippen LogP contribution in [0.5, 0.6) is 11.5 Å². The second-order valence-electron chi connectivity index (χ2n) is 10.4. The van der Waals surface area contributed by atoms with Gasteiger partial charge < -0.3 is 19.4 Å². The molecule has 7 nitrogen and oxygen atoms in total. The van der Waals surface area contributed by atoms with Crippen molar-refractivity contribution >= 4 is 11.7 Å². The van der Waals surface area contributed by atoms with Crippen molar-refractivity contribution in [3.05, 3.63) is 47.8 Å². The average Bonchev–Trinajstić information content (AvgIpc) is 3.31. The van der Waals surface area contributed by atoms with Crippen molar-refractivity contribution < 1.29 is 28.6 Å². The van der Waals surface area contributed by atoms with Gasteiger partial charge in [-0.2, -0.15) is 0 Å². The number of ether oxygens (including phenoxy) is 2. The molecule has 2 aromatic carbocycles. The maximum atomic E-state index is 13.5. The number of hydrogen-bond donors (Lipinski definition) is 1. The van der Waals surface area contributed by atoms with Crippen LogP contribution in [0.15, 0.2) is 41.6 Å². The van der Waals surface area contributed by atoms with E-state index in [1.807, 2.05) is 26.0 Å². The van der Waals surface area contributed by atoms with Crippen LogP contribution in [0.1, 0.15) is 51.5 Å². The van der Waals surface area contributed by atoms with Gasteiger partial charge in [0.2, 0.25) is 0 Å². The van der Waals surface area contributed by atoms with E-state index in [-0.39, 0.29) is 17.3 Å². The quantitative estimate of drug-likeness (QED) is 0.479. The minimum Gasteiger partial charge on any atom is -0.493 e. The van der Waals surface area contributed by atoms with Gasteiger partial charge in [0.1, 0.15) is 17.3 Å². The highest BCUT2D eigenvalue weighted by molar-refractivity contribution is 5.89. The van der Waals surface area contributed by atoms with Crippen molar-refractivity contribution in [2.24, 2.45) is 17.0 Å². The first-order valence-corrected chi connectivity index (χ1v) is 13.3. The van der Waals surface area contributed by atoms with Crippen LogP contribution in [0.25, 0.3) is 11.1 Å². The van der Waals surface area contributed by atoms with Crippen LogP contribution in [0.2, 0.25) is 0 Å². The molecule has 0 unspecified atom stereocenters. The molecule has 2 aromatic rings. The van der Waals surface area contributed by atoms with Gasteiger partial charge in [-0.05, 0) is 74.9 Å².